The number of nitrogens with zero attached hydrogens (tertiary/aromatic N) is 2. The smallest absolute Gasteiger partial charge is 0.231 e. The van der Waals surface area contributed by atoms with Crippen molar-refractivity contribution in [2.75, 3.05) is 19.6 Å². The Kier molecular flexibility index (Phi) is 3.21. The summed E-state index contributed by atoms with van der Waals surface area (Å²) in [5, 5.41) is 0. The van der Waals surface area contributed by atoms with Crippen LogP contribution >= 0.6 is 0 Å². The van der Waals surface area contributed by atoms with E-state index in [1.54, 1.807) is 0 Å². The van der Waals surface area contributed by atoms with Gasteiger partial charge in [-0.1, -0.05) is 12.1 Å². The van der Waals surface area contributed by atoms with Crippen LogP contribution in [-0.4, -0.2) is 40.4 Å². The Morgan fingerprint density at radius 2 is 2.11 bits per heavy atom. The first-order chi connectivity index (χ1) is 9.22. The maximum absolute atomic E-state index is 10.9. The van der Waals surface area contributed by atoms with E-state index >= 15 is 0 Å². The van der Waals surface area contributed by atoms with Gasteiger partial charge in [-0.15, -0.1) is 0 Å². The molecule has 1 aliphatic rings. The number of benzene rings is 1. The number of nitrogens with one attached hydrogen (secondary N) is 1. The maximum atomic E-state index is 10.9. The van der Waals surface area contributed by atoms with Crippen LogP contribution in [-0.2, 0) is 4.79 Å². The van der Waals surface area contributed by atoms with E-state index in [-0.39, 0.29) is 5.91 Å². The van der Waals surface area contributed by atoms with Gasteiger partial charge >= 0.3 is 0 Å². The predicted molar refractivity (Wildman–Crippen MR) is 73.7 cm³/mol. The Bertz CT molecular complexity index is 551. The molecule has 3 rings (SSSR count). The molecule has 1 amide bonds. The van der Waals surface area contributed by atoms with Crippen molar-refractivity contribution in [2.45, 2.75) is 18.8 Å². The number of primary amides is 1. The van der Waals surface area contributed by atoms with Crippen molar-refractivity contribution in [3.05, 3.63) is 30.1 Å². The monoisotopic (exact) mass is 258 g/mol. The van der Waals surface area contributed by atoms with Gasteiger partial charge in [0.1, 0.15) is 5.82 Å². The second kappa shape index (κ2) is 5.01. The van der Waals surface area contributed by atoms with E-state index in [0.29, 0.717) is 12.5 Å². The van der Waals surface area contributed by atoms with E-state index in [2.05, 4.69) is 14.9 Å². The maximum Gasteiger partial charge on any atom is 0.231 e. The Labute approximate surface area is 111 Å². The molecule has 1 fully saturated rings. The summed E-state index contributed by atoms with van der Waals surface area (Å²) in [5.41, 5.74) is 7.34. The lowest BCUT2D eigenvalue weighted by Crippen LogP contribution is -2.39. The molecule has 5 nitrogen and oxygen atoms in total. The van der Waals surface area contributed by atoms with E-state index in [9.17, 15) is 4.79 Å². The normalized spacial score (nSPS) is 17.9. The van der Waals surface area contributed by atoms with Crippen LogP contribution in [0.25, 0.3) is 11.0 Å². The van der Waals surface area contributed by atoms with Crippen LogP contribution in [0.4, 0.5) is 0 Å². The minimum atomic E-state index is -0.248. The highest BCUT2D eigenvalue weighted by atomic mass is 16.1. The largest absolute Gasteiger partial charge is 0.369 e. The zero-order chi connectivity index (χ0) is 13.2. The summed E-state index contributed by atoms with van der Waals surface area (Å²) in [6.07, 6.45) is 2.04. The van der Waals surface area contributed by atoms with Crippen molar-refractivity contribution in [2.24, 2.45) is 5.73 Å². The van der Waals surface area contributed by atoms with Gasteiger partial charge in [0.25, 0.3) is 0 Å². The number of nitrogens with two attached hydrogens (primary N) is 1. The molecule has 2 aromatic rings. The van der Waals surface area contributed by atoms with Gasteiger partial charge in [-0.05, 0) is 38.1 Å². The Morgan fingerprint density at radius 1 is 1.37 bits per heavy atom. The minimum Gasteiger partial charge on any atom is -0.369 e. The first-order valence-corrected chi connectivity index (χ1v) is 6.67. The molecule has 0 radical (unpaired) electrons. The van der Waals surface area contributed by atoms with E-state index in [0.717, 1.165) is 42.8 Å². The van der Waals surface area contributed by atoms with Crippen LogP contribution in [0, 0.1) is 0 Å². The SMILES string of the molecule is NC(=O)CN1CCC(c2nc3ccccc3[nH]2)CC1. The molecule has 0 unspecified atom stereocenters. The van der Waals surface area contributed by atoms with Crippen LogP contribution in [0.5, 0.6) is 0 Å². The molecule has 19 heavy (non-hydrogen) atoms. The number of carbonyl (C=O) groups excluding carboxylic acids is 1. The van der Waals surface area contributed by atoms with Crippen LogP contribution in [0.2, 0.25) is 0 Å². The standard InChI is InChI=1S/C14H18N4O/c15-13(19)9-18-7-5-10(6-8-18)14-16-11-3-1-2-4-12(11)17-14/h1-4,10H,5-9H2,(H2,15,19)(H,16,17). The lowest BCUT2D eigenvalue weighted by atomic mass is 9.96. The van der Waals surface area contributed by atoms with Gasteiger partial charge in [0.05, 0.1) is 17.6 Å². The molecule has 1 aromatic heterocycles. The Morgan fingerprint density at radius 3 is 2.79 bits per heavy atom. The highest BCUT2D eigenvalue weighted by molar-refractivity contribution is 5.76. The number of hydrogen-bond donors (Lipinski definition) is 2. The molecule has 1 aliphatic heterocycles. The van der Waals surface area contributed by atoms with Crippen molar-refractivity contribution in [3.63, 3.8) is 0 Å². The van der Waals surface area contributed by atoms with Gasteiger partial charge in [-0.25, -0.2) is 4.98 Å². The molecule has 3 N–H and O–H groups in total. The summed E-state index contributed by atoms with van der Waals surface area (Å²) < 4.78 is 0. The number of fused-ring (bicyclic) bond motifs is 1. The van der Waals surface area contributed by atoms with Crippen molar-refractivity contribution in [3.8, 4) is 0 Å². The predicted octanol–water partition coefficient (Wildman–Crippen LogP) is 1.23. The Balaban J connectivity index is 1.69. The third-order valence-electron chi connectivity index (χ3n) is 3.76. The molecule has 0 saturated carbocycles. The zero-order valence-corrected chi connectivity index (χ0v) is 10.8. The summed E-state index contributed by atoms with van der Waals surface area (Å²) in [6, 6.07) is 8.09. The van der Waals surface area contributed by atoms with Gasteiger partial charge in [0.2, 0.25) is 5.91 Å². The molecule has 1 aromatic carbocycles. The average molecular weight is 258 g/mol. The second-order valence-corrected chi connectivity index (χ2v) is 5.16. The van der Waals surface area contributed by atoms with Gasteiger partial charge in [0, 0.05) is 5.92 Å². The van der Waals surface area contributed by atoms with E-state index in [1.807, 2.05) is 24.3 Å². The molecule has 0 aliphatic carbocycles. The molecule has 0 spiro atoms. The molecule has 0 bridgehead atoms. The fraction of sp³-hybridized carbons (Fsp3) is 0.429. The van der Waals surface area contributed by atoms with Crippen LogP contribution < -0.4 is 5.73 Å². The number of piperidine rings is 1. The summed E-state index contributed by atoms with van der Waals surface area (Å²) in [5.74, 6) is 1.28. The van der Waals surface area contributed by atoms with Gasteiger partial charge in [0.15, 0.2) is 0 Å². The fourth-order valence-electron chi connectivity index (χ4n) is 2.75. The topological polar surface area (TPSA) is 75.0 Å². The number of H-pyrrole nitrogens is 1. The number of likely N-dealkylation sites (tertiary alicyclic amines) is 1. The fourth-order valence-corrected chi connectivity index (χ4v) is 2.75. The number of hydrogen-bond acceptors (Lipinski definition) is 3. The first-order valence-electron chi connectivity index (χ1n) is 6.67. The van der Waals surface area contributed by atoms with Crippen LogP contribution in [0.3, 0.4) is 0 Å². The number of imidazole rings is 1. The lowest BCUT2D eigenvalue weighted by Gasteiger charge is -2.29. The number of rotatable bonds is 3. The summed E-state index contributed by atoms with van der Waals surface area (Å²) in [6.45, 7) is 2.18. The number of carbonyl (C=O) groups is 1. The summed E-state index contributed by atoms with van der Waals surface area (Å²) in [4.78, 5) is 21.1. The van der Waals surface area contributed by atoms with Crippen molar-refractivity contribution in [1.82, 2.24) is 14.9 Å². The number of para-hydroxylation sites is 2. The van der Waals surface area contributed by atoms with Crippen LogP contribution in [0.15, 0.2) is 24.3 Å². The minimum absolute atomic E-state index is 0.248. The van der Waals surface area contributed by atoms with Crippen molar-refractivity contribution in [1.29, 1.82) is 0 Å². The van der Waals surface area contributed by atoms with Crippen LogP contribution in [0.1, 0.15) is 24.6 Å². The number of amides is 1. The lowest BCUT2D eigenvalue weighted by molar-refractivity contribution is -0.119. The quantitative estimate of drug-likeness (QED) is 0.869. The molecular weight excluding hydrogens is 240 g/mol. The summed E-state index contributed by atoms with van der Waals surface area (Å²) in [7, 11) is 0. The first kappa shape index (κ1) is 12.2. The highest BCUT2D eigenvalue weighted by Gasteiger charge is 2.23. The van der Waals surface area contributed by atoms with Gasteiger partial charge in [-0.2, -0.15) is 0 Å². The molecule has 2 heterocycles. The Hall–Kier alpha value is -1.88. The van der Waals surface area contributed by atoms with E-state index in [1.165, 1.54) is 0 Å². The third kappa shape index (κ3) is 2.61. The van der Waals surface area contributed by atoms with Gasteiger partial charge < -0.3 is 10.7 Å². The second-order valence-electron chi connectivity index (χ2n) is 5.16. The summed E-state index contributed by atoms with van der Waals surface area (Å²) >= 11 is 0. The number of aromatic amines is 1. The van der Waals surface area contributed by atoms with Gasteiger partial charge in [-0.3, -0.25) is 9.69 Å². The van der Waals surface area contributed by atoms with Crippen molar-refractivity contribution >= 4 is 16.9 Å². The molecule has 0 atom stereocenters. The molecular formula is C14H18N4O. The van der Waals surface area contributed by atoms with E-state index < -0.39 is 0 Å². The third-order valence-corrected chi connectivity index (χ3v) is 3.76. The molecule has 100 valence electrons. The zero-order valence-electron chi connectivity index (χ0n) is 10.8. The molecule has 1 saturated heterocycles. The average Bonchev–Trinajstić information content (AvgIpc) is 2.82. The number of aromatic nitrogens is 2. The van der Waals surface area contributed by atoms with E-state index in [4.69, 9.17) is 5.73 Å². The molecule has 5 heteroatoms. The highest BCUT2D eigenvalue weighted by Crippen LogP contribution is 2.27. The van der Waals surface area contributed by atoms with Crippen molar-refractivity contribution < 1.29 is 4.79 Å².